The van der Waals surface area contributed by atoms with Crippen LogP contribution in [0.1, 0.15) is 38.6 Å². The molecule has 24 heavy (non-hydrogen) atoms. The van der Waals surface area contributed by atoms with Gasteiger partial charge in [0.25, 0.3) is 0 Å². The van der Waals surface area contributed by atoms with Crippen molar-refractivity contribution in [2.24, 2.45) is 5.14 Å². The molecule has 2 N–H and O–H groups in total. The van der Waals surface area contributed by atoms with Crippen molar-refractivity contribution in [3.8, 4) is 0 Å². The monoisotopic (exact) mass is 349 g/mol. The minimum atomic E-state index is -3.72. The van der Waals surface area contributed by atoms with Gasteiger partial charge in [0.05, 0.1) is 17.0 Å². The molecule has 0 saturated heterocycles. The molecule has 3 rings (SSSR count). The lowest BCUT2D eigenvalue weighted by Crippen LogP contribution is -2.34. The van der Waals surface area contributed by atoms with Crippen LogP contribution in [0.2, 0.25) is 0 Å². The van der Waals surface area contributed by atoms with Gasteiger partial charge in [0.2, 0.25) is 10.0 Å². The van der Waals surface area contributed by atoms with Gasteiger partial charge >= 0.3 is 0 Å². The molecule has 0 amide bonds. The van der Waals surface area contributed by atoms with Gasteiger partial charge < -0.3 is 4.90 Å². The first-order chi connectivity index (χ1) is 11.2. The second kappa shape index (κ2) is 5.86. The summed E-state index contributed by atoms with van der Waals surface area (Å²) in [6.07, 6.45) is 3.15. The van der Waals surface area contributed by atoms with Gasteiger partial charge in [-0.2, -0.15) is 5.10 Å². The summed E-state index contributed by atoms with van der Waals surface area (Å²) >= 11 is 0. The van der Waals surface area contributed by atoms with Crippen LogP contribution in [0, 0.1) is 0 Å². The van der Waals surface area contributed by atoms with Gasteiger partial charge in [-0.25, -0.2) is 23.2 Å². The van der Waals surface area contributed by atoms with Gasteiger partial charge in [-0.1, -0.05) is 6.07 Å². The lowest BCUT2D eigenvalue weighted by Gasteiger charge is -2.32. The number of rotatable bonds is 3. The Hall–Kier alpha value is -1.93. The SMILES string of the molecule is CC(C)(C)n1ncnc1CN1CCCc2c1cccc2S(N)(=O)=O. The fourth-order valence-corrected chi connectivity index (χ4v) is 4.02. The average molecular weight is 349 g/mol. The smallest absolute Gasteiger partial charge is 0.238 e. The zero-order chi connectivity index (χ0) is 17.5. The maximum atomic E-state index is 11.8. The number of anilines is 1. The van der Waals surface area contributed by atoms with Crippen LogP contribution in [0.15, 0.2) is 29.4 Å². The standard InChI is InChI=1S/C16H23N5O2S/c1-16(2,3)21-15(18-11-19-21)10-20-9-5-6-12-13(20)7-4-8-14(12)24(17,22)23/h4,7-8,11H,5-6,9-10H2,1-3H3,(H2,17,22,23). The summed E-state index contributed by atoms with van der Waals surface area (Å²) in [5.41, 5.74) is 1.55. The van der Waals surface area contributed by atoms with Crippen LogP contribution in [0.3, 0.4) is 0 Å². The van der Waals surface area contributed by atoms with Crippen molar-refractivity contribution in [1.82, 2.24) is 14.8 Å². The molecule has 0 radical (unpaired) electrons. The summed E-state index contributed by atoms with van der Waals surface area (Å²) in [6, 6.07) is 5.27. The molecule has 2 aromatic rings. The Balaban J connectivity index is 1.99. The molecule has 7 nitrogen and oxygen atoms in total. The number of hydrogen-bond donors (Lipinski definition) is 1. The molecule has 2 heterocycles. The minimum Gasteiger partial charge on any atom is -0.364 e. The highest BCUT2D eigenvalue weighted by Gasteiger charge is 2.26. The first-order valence-corrected chi connectivity index (χ1v) is 9.51. The number of primary sulfonamides is 1. The molecule has 0 bridgehead atoms. The van der Waals surface area contributed by atoms with Crippen molar-refractivity contribution in [3.05, 3.63) is 35.9 Å². The van der Waals surface area contributed by atoms with Crippen molar-refractivity contribution < 1.29 is 8.42 Å². The number of aromatic nitrogens is 3. The van der Waals surface area contributed by atoms with Crippen LogP contribution >= 0.6 is 0 Å². The highest BCUT2D eigenvalue weighted by atomic mass is 32.2. The quantitative estimate of drug-likeness (QED) is 0.909. The number of sulfonamides is 1. The first kappa shape index (κ1) is 16.9. The van der Waals surface area contributed by atoms with Gasteiger partial charge in [0.15, 0.2) is 0 Å². The second-order valence-electron chi connectivity index (χ2n) is 7.08. The number of nitrogens with two attached hydrogens (primary N) is 1. The van der Waals surface area contributed by atoms with Crippen LogP contribution in [-0.4, -0.2) is 29.7 Å². The molecule has 1 aromatic heterocycles. The summed E-state index contributed by atoms with van der Waals surface area (Å²) in [7, 11) is -3.72. The van der Waals surface area contributed by atoms with Gasteiger partial charge in [0.1, 0.15) is 12.2 Å². The van der Waals surface area contributed by atoms with E-state index in [9.17, 15) is 8.42 Å². The molecule has 0 unspecified atom stereocenters. The lowest BCUT2D eigenvalue weighted by molar-refractivity contribution is 0.340. The molecule has 1 aliphatic heterocycles. The Morgan fingerprint density at radius 3 is 2.71 bits per heavy atom. The predicted molar refractivity (Wildman–Crippen MR) is 92.2 cm³/mol. The molecular weight excluding hydrogens is 326 g/mol. The minimum absolute atomic E-state index is 0.160. The molecule has 0 saturated carbocycles. The van der Waals surface area contributed by atoms with Crippen LogP contribution in [0.25, 0.3) is 0 Å². The fraction of sp³-hybridized carbons (Fsp3) is 0.500. The second-order valence-corrected chi connectivity index (χ2v) is 8.61. The molecule has 0 spiro atoms. The molecule has 130 valence electrons. The summed E-state index contributed by atoms with van der Waals surface area (Å²) in [5.74, 6) is 0.858. The van der Waals surface area contributed by atoms with E-state index in [1.807, 2.05) is 10.7 Å². The Morgan fingerprint density at radius 2 is 2.04 bits per heavy atom. The molecule has 0 atom stereocenters. The normalized spacial score (nSPS) is 15.4. The number of nitrogens with zero attached hydrogens (tertiary/aromatic N) is 4. The highest BCUT2D eigenvalue weighted by Crippen LogP contribution is 2.32. The van der Waals surface area contributed by atoms with Crippen molar-refractivity contribution in [1.29, 1.82) is 0 Å². The molecule has 1 aliphatic rings. The van der Waals surface area contributed by atoms with Crippen LogP contribution < -0.4 is 10.0 Å². The van der Waals surface area contributed by atoms with Crippen molar-refractivity contribution >= 4 is 15.7 Å². The van der Waals surface area contributed by atoms with Gasteiger partial charge in [-0.15, -0.1) is 0 Å². The number of benzene rings is 1. The average Bonchev–Trinajstić information content (AvgIpc) is 2.94. The number of fused-ring (bicyclic) bond motifs is 1. The summed E-state index contributed by atoms with van der Waals surface area (Å²) in [4.78, 5) is 6.76. The van der Waals surface area contributed by atoms with E-state index in [0.29, 0.717) is 13.0 Å². The van der Waals surface area contributed by atoms with Gasteiger partial charge in [0, 0.05) is 12.2 Å². The Morgan fingerprint density at radius 1 is 1.29 bits per heavy atom. The zero-order valence-corrected chi connectivity index (χ0v) is 15.0. The maximum Gasteiger partial charge on any atom is 0.238 e. The third-order valence-corrected chi connectivity index (χ3v) is 5.19. The van der Waals surface area contributed by atoms with E-state index in [1.165, 1.54) is 0 Å². The zero-order valence-electron chi connectivity index (χ0n) is 14.2. The van der Waals surface area contributed by atoms with Gasteiger partial charge in [-0.05, 0) is 51.3 Å². The van der Waals surface area contributed by atoms with E-state index < -0.39 is 10.0 Å². The van der Waals surface area contributed by atoms with E-state index in [1.54, 1.807) is 18.5 Å². The third-order valence-electron chi connectivity index (χ3n) is 4.20. The number of hydrogen-bond acceptors (Lipinski definition) is 5. The summed E-state index contributed by atoms with van der Waals surface area (Å²) < 4.78 is 25.6. The van der Waals surface area contributed by atoms with E-state index in [-0.39, 0.29) is 10.4 Å². The van der Waals surface area contributed by atoms with Crippen molar-refractivity contribution in [2.75, 3.05) is 11.4 Å². The first-order valence-electron chi connectivity index (χ1n) is 7.97. The Labute approximate surface area is 142 Å². The topological polar surface area (TPSA) is 94.1 Å². The van der Waals surface area contributed by atoms with Gasteiger partial charge in [-0.3, -0.25) is 0 Å². The largest absolute Gasteiger partial charge is 0.364 e. The molecule has 8 heteroatoms. The van der Waals surface area contributed by atoms with Crippen LogP contribution in [0.5, 0.6) is 0 Å². The van der Waals surface area contributed by atoms with Crippen LogP contribution in [-0.2, 0) is 28.5 Å². The van der Waals surface area contributed by atoms with E-state index >= 15 is 0 Å². The Kier molecular flexibility index (Phi) is 4.13. The maximum absolute atomic E-state index is 11.8. The highest BCUT2D eigenvalue weighted by molar-refractivity contribution is 7.89. The van der Waals surface area contributed by atoms with Crippen LogP contribution in [0.4, 0.5) is 5.69 Å². The summed E-state index contributed by atoms with van der Waals surface area (Å²) in [5, 5.41) is 9.70. The Bertz CT molecular complexity index is 852. The molecule has 0 fully saturated rings. The molecule has 1 aromatic carbocycles. The van der Waals surface area contributed by atoms with E-state index in [4.69, 9.17) is 5.14 Å². The predicted octanol–water partition coefficient (Wildman–Crippen LogP) is 1.63. The van der Waals surface area contributed by atoms with E-state index in [2.05, 4.69) is 35.8 Å². The molecule has 0 aliphatic carbocycles. The summed E-state index contributed by atoms with van der Waals surface area (Å²) in [6.45, 7) is 7.66. The third kappa shape index (κ3) is 3.16. The van der Waals surface area contributed by atoms with E-state index in [0.717, 1.165) is 30.0 Å². The molecular formula is C16H23N5O2S. The van der Waals surface area contributed by atoms with Crippen molar-refractivity contribution in [2.45, 2.75) is 50.6 Å². The lowest BCUT2D eigenvalue weighted by atomic mass is 10.0. The fourth-order valence-electron chi connectivity index (χ4n) is 3.20. The van der Waals surface area contributed by atoms with Crippen molar-refractivity contribution in [3.63, 3.8) is 0 Å².